The van der Waals surface area contributed by atoms with Crippen LogP contribution in [-0.2, 0) is 16.1 Å². The molecule has 2 aliphatic heterocycles. The first kappa shape index (κ1) is 23.5. The van der Waals surface area contributed by atoms with Gasteiger partial charge in [-0.15, -0.1) is 0 Å². The van der Waals surface area contributed by atoms with E-state index in [9.17, 15) is 9.50 Å². The van der Waals surface area contributed by atoms with Crippen LogP contribution in [0.5, 0.6) is 11.5 Å². The van der Waals surface area contributed by atoms with Gasteiger partial charge in [-0.1, -0.05) is 17.3 Å². The Morgan fingerprint density at radius 3 is 2.67 bits per heavy atom. The Balaban J connectivity index is 1.38. The van der Waals surface area contributed by atoms with Crippen molar-refractivity contribution in [2.75, 3.05) is 26.5 Å². The molecule has 2 aliphatic rings. The third-order valence-electron chi connectivity index (χ3n) is 5.40. The van der Waals surface area contributed by atoms with Crippen LogP contribution in [0.3, 0.4) is 0 Å². The second kappa shape index (κ2) is 10.1. The van der Waals surface area contributed by atoms with Crippen molar-refractivity contribution in [2.24, 2.45) is 5.16 Å². The van der Waals surface area contributed by atoms with Gasteiger partial charge in [0.05, 0.1) is 24.0 Å². The van der Waals surface area contributed by atoms with Crippen LogP contribution in [0, 0.1) is 5.82 Å². The normalized spacial score (nSPS) is 18.4. The van der Waals surface area contributed by atoms with E-state index in [2.05, 4.69) is 10.1 Å². The smallest absolute Gasteiger partial charge is 0.231 e. The molecule has 7 nitrogen and oxygen atoms in total. The third-order valence-corrected chi connectivity index (χ3v) is 5.40. The largest absolute Gasteiger partial charge is 0.454 e. The Labute approximate surface area is 193 Å². The number of halogens is 1. The Morgan fingerprint density at radius 1 is 1.15 bits per heavy atom. The third kappa shape index (κ3) is 6.66. The zero-order valence-corrected chi connectivity index (χ0v) is 19.3. The lowest BCUT2D eigenvalue weighted by Gasteiger charge is -2.28. The second-order valence-corrected chi connectivity index (χ2v) is 9.44. The van der Waals surface area contributed by atoms with Gasteiger partial charge in [0.15, 0.2) is 11.5 Å². The number of hydrogen-bond acceptors (Lipinski definition) is 7. The van der Waals surface area contributed by atoms with E-state index in [-0.39, 0.29) is 30.9 Å². The van der Waals surface area contributed by atoms with E-state index in [0.717, 1.165) is 22.6 Å². The van der Waals surface area contributed by atoms with Gasteiger partial charge in [-0.2, -0.15) is 0 Å². The summed E-state index contributed by atoms with van der Waals surface area (Å²) < 4.78 is 29.9. The summed E-state index contributed by atoms with van der Waals surface area (Å²) in [5, 5.41) is 14.9. The zero-order chi connectivity index (χ0) is 23.4. The summed E-state index contributed by atoms with van der Waals surface area (Å²) in [5.41, 5.74) is 2.40. The van der Waals surface area contributed by atoms with Crippen LogP contribution in [0.25, 0.3) is 0 Å². The van der Waals surface area contributed by atoms with Crippen LogP contribution in [0.1, 0.15) is 38.3 Å². The predicted molar refractivity (Wildman–Crippen MR) is 122 cm³/mol. The molecule has 0 fully saturated rings. The highest BCUT2D eigenvalue weighted by atomic mass is 19.1. The van der Waals surface area contributed by atoms with E-state index >= 15 is 0 Å². The van der Waals surface area contributed by atoms with Gasteiger partial charge in [0.2, 0.25) is 6.79 Å². The summed E-state index contributed by atoms with van der Waals surface area (Å²) in [7, 11) is 0. The van der Waals surface area contributed by atoms with E-state index in [0.29, 0.717) is 31.8 Å². The fourth-order valence-electron chi connectivity index (χ4n) is 3.81. The Kier molecular flexibility index (Phi) is 7.17. The number of ether oxygens (including phenoxy) is 3. The standard InChI is InChI=1S/C25H31FN2O5/c1-25(2,3)32-15-20(29)13-28(12-17-4-7-19(26)8-5-17)14-21-11-22(27-33-21)18-6-9-23-24(10-18)31-16-30-23/h4-10,20-21,29H,11-16H2,1-3H3. The van der Waals surface area contributed by atoms with Crippen LogP contribution in [0.2, 0.25) is 0 Å². The topological polar surface area (TPSA) is 72.8 Å². The lowest BCUT2D eigenvalue weighted by atomic mass is 10.0. The number of nitrogens with zero attached hydrogens (tertiary/aromatic N) is 2. The van der Waals surface area contributed by atoms with Gasteiger partial charge in [-0.05, 0) is 56.7 Å². The summed E-state index contributed by atoms with van der Waals surface area (Å²) in [6.07, 6.45) is -0.198. The highest BCUT2D eigenvalue weighted by molar-refractivity contribution is 6.01. The molecule has 2 aromatic rings. The van der Waals surface area contributed by atoms with E-state index < -0.39 is 6.10 Å². The summed E-state index contributed by atoms with van der Waals surface area (Å²) in [4.78, 5) is 7.81. The molecule has 0 spiro atoms. The molecule has 1 N–H and O–H groups in total. The predicted octanol–water partition coefficient (Wildman–Crippen LogP) is 3.73. The van der Waals surface area contributed by atoms with E-state index in [1.165, 1.54) is 12.1 Å². The van der Waals surface area contributed by atoms with Crippen molar-refractivity contribution in [3.05, 3.63) is 59.4 Å². The summed E-state index contributed by atoms with van der Waals surface area (Å²) in [6.45, 7) is 7.82. The minimum Gasteiger partial charge on any atom is -0.454 e. The van der Waals surface area contributed by atoms with Crippen molar-refractivity contribution in [2.45, 2.75) is 51.5 Å². The number of aliphatic hydroxyl groups is 1. The first-order valence-electron chi connectivity index (χ1n) is 11.2. The van der Waals surface area contributed by atoms with Gasteiger partial charge < -0.3 is 24.2 Å². The van der Waals surface area contributed by atoms with Crippen LogP contribution in [-0.4, -0.2) is 60.0 Å². The summed E-state index contributed by atoms with van der Waals surface area (Å²) >= 11 is 0. The highest BCUT2D eigenvalue weighted by Gasteiger charge is 2.27. The molecule has 0 radical (unpaired) electrons. The van der Waals surface area contributed by atoms with Gasteiger partial charge in [0, 0.05) is 31.6 Å². The molecular formula is C25H31FN2O5. The Hall–Kier alpha value is -2.68. The first-order chi connectivity index (χ1) is 15.7. The van der Waals surface area contributed by atoms with Crippen molar-refractivity contribution in [3.8, 4) is 11.5 Å². The van der Waals surface area contributed by atoms with Crippen molar-refractivity contribution in [1.29, 1.82) is 0 Å². The maximum atomic E-state index is 13.3. The lowest BCUT2D eigenvalue weighted by molar-refractivity contribution is -0.0600. The molecule has 0 aromatic heterocycles. The van der Waals surface area contributed by atoms with Crippen molar-refractivity contribution < 1.29 is 28.5 Å². The molecule has 178 valence electrons. The maximum absolute atomic E-state index is 13.3. The molecule has 2 atom stereocenters. The molecule has 2 aromatic carbocycles. The van der Waals surface area contributed by atoms with E-state index in [4.69, 9.17) is 19.0 Å². The molecule has 0 amide bonds. The summed E-state index contributed by atoms with van der Waals surface area (Å²) in [6, 6.07) is 12.1. The van der Waals surface area contributed by atoms with Gasteiger partial charge in [0.1, 0.15) is 11.9 Å². The fraction of sp³-hybridized carbons (Fsp3) is 0.480. The zero-order valence-electron chi connectivity index (χ0n) is 19.3. The average Bonchev–Trinajstić information content (AvgIpc) is 3.42. The molecule has 0 aliphatic carbocycles. The van der Waals surface area contributed by atoms with Crippen molar-refractivity contribution in [1.82, 2.24) is 4.90 Å². The van der Waals surface area contributed by atoms with Gasteiger partial charge in [-0.3, -0.25) is 4.90 Å². The van der Waals surface area contributed by atoms with E-state index in [1.54, 1.807) is 12.1 Å². The number of aliphatic hydroxyl groups excluding tert-OH is 1. The van der Waals surface area contributed by atoms with Gasteiger partial charge in [-0.25, -0.2) is 4.39 Å². The molecule has 0 bridgehead atoms. The molecule has 2 unspecified atom stereocenters. The fourth-order valence-corrected chi connectivity index (χ4v) is 3.81. The number of benzene rings is 2. The molecule has 2 heterocycles. The van der Waals surface area contributed by atoms with Crippen molar-refractivity contribution in [3.63, 3.8) is 0 Å². The van der Waals surface area contributed by atoms with Gasteiger partial charge in [0.25, 0.3) is 0 Å². The lowest BCUT2D eigenvalue weighted by Crippen LogP contribution is -2.40. The van der Waals surface area contributed by atoms with E-state index in [1.807, 2.05) is 39.0 Å². The second-order valence-electron chi connectivity index (χ2n) is 9.44. The van der Waals surface area contributed by atoms with Crippen LogP contribution < -0.4 is 9.47 Å². The quantitative estimate of drug-likeness (QED) is 0.618. The monoisotopic (exact) mass is 458 g/mol. The molecular weight excluding hydrogens is 427 g/mol. The molecule has 33 heavy (non-hydrogen) atoms. The highest BCUT2D eigenvalue weighted by Crippen LogP contribution is 2.33. The SMILES string of the molecule is CC(C)(C)OCC(O)CN(Cc1ccc(F)cc1)CC1CC(c2ccc3c(c2)OCO3)=NO1. The number of oxime groups is 1. The van der Waals surface area contributed by atoms with Crippen LogP contribution in [0.15, 0.2) is 47.6 Å². The van der Waals surface area contributed by atoms with Crippen LogP contribution >= 0.6 is 0 Å². The molecule has 4 rings (SSSR count). The first-order valence-corrected chi connectivity index (χ1v) is 11.2. The minimum atomic E-state index is -0.666. The van der Waals surface area contributed by atoms with Crippen LogP contribution in [0.4, 0.5) is 4.39 Å². The number of hydrogen-bond donors (Lipinski definition) is 1. The number of fused-ring (bicyclic) bond motifs is 1. The van der Waals surface area contributed by atoms with Gasteiger partial charge >= 0.3 is 0 Å². The number of rotatable bonds is 9. The summed E-state index contributed by atoms with van der Waals surface area (Å²) in [5.74, 6) is 1.16. The molecule has 8 heteroatoms. The molecule has 0 saturated carbocycles. The molecule has 0 saturated heterocycles. The Morgan fingerprint density at radius 2 is 1.91 bits per heavy atom. The Bertz CT molecular complexity index is 974. The average molecular weight is 459 g/mol. The minimum absolute atomic E-state index is 0.165. The van der Waals surface area contributed by atoms with Crippen molar-refractivity contribution >= 4 is 5.71 Å². The maximum Gasteiger partial charge on any atom is 0.231 e.